The minimum Gasteiger partial charge on any atom is -0.325 e. The molecule has 0 atom stereocenters. The SMILES string of the molecule is O=C(Nc1cn[nH]c1-c1ccccn1)c1ccc(C2CC2)[nH]c1=O. The minimum absolute atomic E-state index is 0.0765. The van der Waals surface area contributed by atoms with E-state index in [0.717, 1.165) is 18.5 Å². The van der Waals surface area contributed by atoms with E-state index in [1.807, 2.05) is 12.1 Å². The highest BCUT2D eigenvalue weighted by Gasteiger charge is 2.25. The van der Waals surface area contributed by atoms with E-state index in [9.17, 15) is 9.59 Å². The first-order valence-electron chi connectivity index (χ1n) is 7.72. The smallest absolute Gasteiger partial charge is 0.261 e. The Balaban J connectivity index is 1.59. The fourth-order valence-corrected chi connectivity index (χ4v) is 2.58. The molecular weight excluding hydrogens is 306 g/mol. The van der Waals surface area contributed by atoms with E-state index in [4.69, 9.17) is 0 Å². The van der Waals surface area contributed by atoms with E-state index in [1.165, 1.54) is 6.20 Å². The Labute approximate surface area is 137 Å². The number of nitrogens with zero attached hydrogens (tertiary/aromatic N) is 2. The topological polar surface area (TPSA) is 104 Å². The van der Waals surface area contributed by atoms with Crippen molar-refractivity contribution in [1.29, 1.82) is 0 Å². The first-order valence-corrected chi connectivity index (χ1v) is 7.72. The molecule has 3 N–H and O–H groups in total. The van der Waals surface area contributed by atoms with E-state index in [0.29, 0.717) is 23.0 Å². The molecule has 3 aromatic rings. The molecule has 1 aliphatic rings. The van der Waals surface area contributed by atoms with Crippen LogP contribution >= 0.6 is 0 Å². The van der Waals surface area contributed by atoms with Crippen LogP contribution in [0, 0.1) is 0 Å². The second-order valence-corrected chi connectivity index (χ2v) is 5.76. The predicted octanol–water partition coefficient (Wildman–Crippen LogP) is 2.29. The van der Waals surface area contributed by atoms with Gasteiger partial charge in [0.2, 0.25) is 0 Å². The number of hydrogen-bond donors (Lipinski definition) is 3. The molecule has 3 aromatic heterocycles. The van der Waals surface area contributed by atoms with Gasteiger partial charge in [0.15, 0.2) is 0 Å². The Morgan fingerprint density at radius 2 is 2.08 bits per heavy atom. The molecule has 0 aromatic carbocycles. The van der Waals surface area contributed by atoms with Crippen molar-refractivity contribution in [2.75, 3.05) is 5.32 Å². The zero-order valence-corrected chi connectivity index (χ0v) is 12.7. The maximum Gasteiger partial charge on any atom is 0.261 e. The molecule has 0 bridgehead atoms. The molecule has 1 fully saturated rings. The van der Waals surface area contributed by atoms with Crippen LogP contribution in [0.15, 0.2) is 47.5 Å². The van der Waals surface area contributed by atoms with E-state index < -0.39 is 5.91 Å². The van der Waals surface area contributed by atoms with Gasteiger partial charge in [0, 0.05) is 11.9 Å². The second kappa shape index (κ2) is 5.77. The molecule has 24 heavy (non-hydrogen) atoms. The summed E-state index contributed by atoms with van der Waals surface area (Å²) in [5.74, 6) is -0.0448. The summed E-state index contributed by atoms with van der Waals surface area (Å²) in [6.45, 7) is 0. The molecule has 0 aliphatic heterocycles. The van der Waals surface area contributed by atoms with Gasteiger partial charge in [-0.15, -0.1) is 0 Å². The van der Waals surface area contributed by atoms with Gasteiger partial charge in [-0.05, 0) is 43.0 Å². The Morgan fingerprint density at radius 1 is 1.21 bits per heavy atom. The van der Waals surface area contributed by atoms with E-state index in [1.54, 1.807) is 24.4 Å². The molecule has 7 heteroatoms. The summed E-state index contributed by atoms with van der Waals surface area (Å²) in [6.07, 6.45) is 5.33. The lowest BCUT2D eigenvalue weighted by molar-refractivity contribution is 0.102. The first kappa shape index (κ1) is 14.4. The third kappa shape index (κ3) is 2.71. The quantitative estimate of drug-likeness (QED) is 0.686. The van der Waals surface area contributed by atoms with Crippen LogP contribution in [-0.2, 0) is 0 Å². The lowest BCUT2D eigenvalue weighted by Gasteiger charge is -2.06. The van der Waals surface area contributed by atoms with Crippen molar-refractivity contribution in [1.82, 2.24) is 20.2 Å². The molecule has 1 aliphatic carbocycles. The third-order valence-corrected chi connectivity index (χ3v) is 4.00. The van der Waals surface area contributed by atoms with E-state index in [-0.39, 0.29) is 11.1 Å². The zero-order valence-electron chi connectivity index (χ0n) is 12.7. The lowest BCUT2D eigenvalue weighted by atomic mass is 10.2. The molecule has 0 spiro atoms. The fraction of sp³-hybridized carbons (Fsp3) is 0.176. The summed E-state index contributed by atoms with van der Waals surface area (Å²) in [4.78, 5) is 31.6. The van der Waals surface area contributed by atoms with Crippen molar-refractivity contribution in [3.8, 4) is 11.4 Å². The number of amides is 1. The average Bonchev–Trinajstić information content (AvgIpc) is 3.35. The number of H-pyrrole nitrogens is 2. The number of aromatic amines is 2. The van der Waals surface area contributed by atoms with Crippen molar-refractivity contribution in [3.05, 3.63) is 64.3 Å². The van der Waals surface area contributed by atoms with Gasteiger partial charge in [-0.3, -0.25) is 19.7 Å². The van der Waals surface area contributed by atoms with Crippen LogP contribution in [0.25, 0.3) is 11.4 Å². The standard InChI is InChI=1S/C17H15N5O2/c23-16-11(6-7-12(20-16)10-4-5-10)17(24)21-14-9-19-22-15(14)13-3-1-2-8-18-13/h1-3,6-10H,4-5H2,(H,19,22)(H,20,23)(H,21,24). The van der Waals surface area contributed by atoms with E-state index >= 15 is 0 Å². The first-order chi connectivity index (χ1) is 11.7. The van der Waals surface area contributed by atoms with Crippen LogP contribution < -0.4 is 10.9 Å². The minimum atomic E-state index is -0.475. The van der Waals surface area contributed by atoms with Crippen LogP contribution in [0.2, 0.25) is 0 Å². The number of nitrogens with one attached hydrogen (secondary N) is 3. The molecular formula is C17H15N5O2. The molecule has 1 amide bonds. The molecule has 4 rings (SSSR count). The highest BCUT2D eigenvalue weighted by molar-refractivity contribution is 6.05. The summed E-state index contributed by atoms with van der Waals surface area (Å²) in [7, 11) is 0. The highest BCUT2D eigenvalue weighted by atomic mass is 16.2. The van der Waals surface area contributed by atoms with Crippen LogP contribution in [0.3, 0.4) is 0 Å². The van der Waals surface area contributed by atoms with Gasteiger partial charge in [-0.2, -0.15) is 5.10 Å². The summed E-state index contributed by atoms with van der Waals surface area (Å²) in [5.41, 5.74) is 2.32. The third-order valence-electron chi connectivity index (χ3n) is 4.00. The zero-order chi connectivity index (χ0) is 16.5. The van der Waals surface area contributed by atoms with Gasteiger partial charge in [0.25, 0.3) is 11.5 Å². The van der Waals surface area contributed by atoms with Crippen molar-refractivity contribution >= 4 is 11.6 Å². The van der Waals surface area contributed by atoms with Crippen LogP contribution in [0.5, 0.6) is 0 Å². The second-order valence-electron chi connectivity index (χ2n) is 5.76. The van der Waals surface area contributed by atoms with Gasteiger partial charge in [0.1, 0.15) is 11.3 Å². The van der Waals surface area contributed by atoms with Crippen LogP contribution in [0.1, 0.15) is 34.8 Å². The number of carbonyl (C=O) groups excluding carboxylic acids is 1. The van der Waals surface area contributed by atoms with E-state index in [2.05, 4.69) is 25.5 Å². The monoisotopic (exact) mass is 321 g/mol. The molecule has 3 heterocycles. The Hall–Kier alpha value is -3.22. The predicted molar refractivity (Wildman–Crippen MR) is 88.8 cm³/mol. The largest absolute Gasteiger partial charge is 0.325 e. The summed E-state index contributed by atoms with van der Waals surface area (Å²) < 4.78 is 0. The number of pyridine rings is 2. The lowest BCUT2D eigenvalue weighted by Crippen LogP contribution is -2.23. The van der Waals surface area contributed by atoms with Gasteiger partial charge in [0.05, 0.1) is 17.6 Å². The molecule has 120 valence electrons. The highest BCUT2D eigenvalue weighted by Crippen LogP contribution is 2.38. The molecule has 0 unspecified atom stereocenters. The molecule has 0 radical (unpaired) electrons. The Bertz CT molecular complexity index is 941. The van der Waals surface area contributed by atoms with Crippen molar-refractivity contribution in [2.24, 2.45) is 0 Å². The summed E-state index contributed by atoms with van der Waals surface area (Å²) in [6, 6.07) is 8.83. The Morgan fingerprint density at radius 3 is 2.79 bits per heavy atom. The summed E-state index contributed by atoms with van der Waals surface area (Å²) in [5, 5.41) is 9.48. The van der Waals surface area contributed by atoms with Crippen LogP contribution in [-0.4, -0.2) is 26.1 Å². The van der Waals surface area contributed by atoms with Gasteiger partial charge in [-0.1, -0.05) is 6.07 Å². The molecule has 7 nitrogen and oxygen atoms in total. The summed E-state index contributed by atoms with van der Waals surface area (Å²) >= 11 is 0. The molecule has 1 saturated carbocycles. The Kier molecular flexibility index (Phi) is 3.45. The fourth-order valence-electron chi connectivity index (χ4n) is 2.58. The number of rotatable bonds is 4. The number of anilines is 1. The number of hydrogen-bond acceptors (Lipinski definition) is 4. The average molecular weight is 321 g/mol. The van der Waals surface area contributed by atoms with Crippen molar-refractivity contribution in [3.63, 3.8) is 0 Å². The normalized spacial score (nSPS) is 13.7. The van der Waals surface area contributed by atoms with Gasteiger partial charge < -0.3 is 10.3 Å². The maximum atomic E-state index is 12.4. The van der Waals surface area contributed by atoms with Gasteiger partial charge in [-0.25, -0.2) is 0 Å². The number of aromatic nitrogens is 4. The molecule has 0 saturated heterocycles. The van der Waals surface area contributed by atoms with Crippen molar-refractivity contribution in [2.45, 2.75) is 18.8 Å². The van der Waals surface area contributed by atoms with Crippen molar-refractivity contribution < 1.29 is 4.79 Å². The van der Waals surface area contributed by atoms with Gasteiger partial charge >= 0.3 is 0 Å². The maximum absolute atomic E-state index is 12.4. The van der Waals surface area contributed by atoms with Crippen LogP contribution in [0.4, 0.5) is 5.69 Å². The number of carbonyl (C=O) groups is 1.